The number of hydrogen-bond donors (Lipinski definition) is 0. The Bertz CT molecular complexity index is 402. The number of aromatic nitrogens is 2. The molecule has 14 heavy (non-hydrogen) atoms. The summed E-state index contributed by atoms with van der Waals surface area (Å²) in [5.41, 5.74) is 0. The third-order valence-electron chi connectivity index (χ3n) is 1.57. The molecular weight excluding hydrogens is 216 g/mol. The van der Waals surface area contributed by atoms with E-state index in [2.05, 4.69) is 10.2 Å². The highest BCUT2D eigenvalue weighted by molar-refractivity contribution is 7.99. The lowest BCUT2D eigenvalue weighted by atomic mass is 10.4. The normalized spacial score (nSPS) is 10.1. The molecule has 0 amide bonds. The summed E-state index contributed by atoms with van der Waals surface area (Å²) in [6.07, 6.45) is 0. The summed E-state index contributed by atoms with van der Waals surface area (Å²) < 4.78 is 0. The molecule has 0 radical (unpaired) electrons. The third kappa shape index (κ3) is 2.47. The molecule has 0 aliphatic rings. The predicted octanol–water partition coefficient (Wildman–Crippen LogP) is 3.28. The summed E-state index contributed by atoms with van der Waals surface area (Å²) in [5, 5.41) is 8.99. The Hall–Kier alpha value is -1.06. The fraction of sp³-hybridized carbons (Fsp3) is 0. The van der Waals surface area contributed by atoms with E-state index in [4.69, 9.17) is 11.6 Å². The van der Waals surface area contributed by atoms with Crippen LogP contribution in [0.5, 0.6) is 0 Å². The second-order valence-electron chi connectivity index (χ2n) is 2.61. The van der Waals surface area contributed by atoms with Crippen LogP contribution < -0.4 is 0 Å². The van der Waals surface area contributed by atoms with Crippen molar-refractivity contribution in [2.45, 2.75) is 9.92 Å². The highest BCUT2D eigenvalue weighted by atomic mass is 35.5. The van der Waals surface area contributed by atoms with Crippen LogP contribution in [0.1, 0.15) is 0 Å². The molecule has 0 bridgehead atoms. The van der Waals surface area contributed by atoms with Gasteiger partial charge in [-0.15, -0.1) is 10.2 Å². The molecule has 1 aromatic carbocycles. The van der Waals surface area contributed by atoms with Crippen LogP contribution in [0, 0.1) is 0 Å². The number of hydrogen-bond acceptors (Lipinski definition) is 3. The number of benzene rings is 1. The van der Waals surface area contributed by atoms with Gasteiger partial charge in [0.2, 0.25) is 0 Å². The predicted molar refractivity (Wildman–Crippen MR) is 57.6 cm³/mol. The highest BCUT2D eigenvalue weighted by Gasteiger charge is 1.98. The van der Waals surface area contributed by atoms with Gasteiger partial charge in [0, 0.05) is 4.90 Å². The van der Waals surface area contributed by atoms with Gasteiger partial charge < -0.3 is 0 Å². The van der Waals surface area contributed by atoms with Crippen molar-refractivity contribution in [3.63, 3.8) is 0 Å². The summed E-state index contributed by atoms with van der Waals surface area (Å²) in [7, 11) is 0. The summed E-state index contributed by atoms with van der Waals surface area (Å²) in [6, 6.07) is 13.6. The molecular formula is C10H7ClN2S. The Morgan fingerprint density at radius 2 is 1.71 bits per heavy atom. The van der Waals surface area contributed by atoms with E-state index in [1.54, 1.807) is 17.8 Å². The Morgan fingerprint density at radius 3 is 2.36 bits per heavy atom. The maximum absolute atomic E-state index is 5.63. The molecule has 2 aromatic rings. The number of halogens is 1. The zero-order valence-corrected chi connectivity index (χ0v) is 8.79. The summed E-state index contributed by atoms with van der Waals surface area (Å²) in [4.78, 5) is 1.14. The topological polar surface area (TPSA) is 25.8 Å². The minimum Gasteiger partial charge on any atom is -0.142 e. The highest BCUT2D eigenvalue weighted by Crippen LogP contribution is 2.24. The fourth-order valence-electron chi connectivity index (χ4n) is 0.967. The van der Waals surface area contributed by atoms with Crippen LogP contribution >= 0.6 is 23.4 Å². The van der Waals surface area contributed by atoms with Crippen LogP contribution in [0.3, 0.4) is 0 Å². The van der Waals surface area contributed by atoms with Crippen LogP contribution in [0.15, 0.2) is 52.4 Å². The molecule has 0 aliphatic carbocycles. The van der Waals surface area contributed by atoms with Gasteiger partial charge >= 0.3 is 0 Å². The second-order valence-corrected chi connectivity index (χ2v) is 4.09. The molecule has 4 heteroatoms. The molecule has 0 spiro atoms. The molecule has 2 nitrogen and oxygen atoms in total. The third-order valence-corrected chi connectivity index (χ3v) is 2.71. The Morgan fingerprint density at radius 1 is 0.929 bits per heavy atom. The molecule has 70 valence electrons. The molecule has 1 heterocycles. The van der Waals surface area contributed by atoms with Gasteiger partial charge in [-0.05, 0) is 24.3 Å². The van der Waals surface area contributed by atoms with E-state index < -0.39 is 0 Å². The van der Waals surface area contributed by atoms with Crippen LogP contribution in [0.2, 0.25) is 5.15 Å². The first-order valence-corrected chi connectivity index (χ1v) is 5.26. The van der Waals surface area contributed by atoms with E-state index in [-0.39, 0.29) is 0 Å². The van der Waals surface area contributed by atoms with Crippen molar-refractivity contribution in [1.29, 1.82) is 0 Å². The quantitative estimate of drug-likeness (QED) is 0.780. The first kappa shape index (κ1) is 9.49. The van der Waals surface area contributed by atoms with Crippen molar-refractivity contribution in [2.75, 3.05) is 0 Å². The van der Waals surface area contributed by atoms with Crippen LogP contribution in [-0.2, 0) is 0 Å². The van der Waals surface area contributed by atoms with E-state index in [9.17, 15) is 0 Å². The van der Waals surface area contributed by atoms with Gasteiger partial charge in [-0.2, -0.15) is 0 Å². The molecule has 0 aliphatic heterocycles. The van der Waals surface area contributed by atoms with E-state index in [1.807, 2.05) is 36.4 Å². The SMILES string of the molecule is Clc1ccc(Sc2ccccc2)nn1. The maximum Gasteiger partial charge on any atom is 0.151 e. The fourth-order valence-corrected chi connectivity index (χ4v) is 1.82. The second kappa shape index (κ2) is 4.44. The van der Waals surface area contributed by atoms with E-state index in [0.717, 1.165) is 9.92 Å². The average molecular weight is 223 g/mol. The minimum absolute atomic E-state index is 0.419. The van der Waals surface area contributed by atoms with Crippen molar-refractivity contribution < 1.29 is 0 Å². The van der Waals surface area contributed by atoms with Crippen molar-refractivity contribution in [1.82, 2.24) is 10.2 Å². The van der Waals surface area contributed by atoms with Crippen molar-refractivity contribution >= 4 is 23.4 Å². The van der Waals surface area contributed by atoms with Gasteiger partial charge in [0.05, 0.1) is 0 Å². The van der Waals surface area contributed by atoms with Crippen LogP contribution in [0.4, 0.5) is 0 Å². The van der Waals surface area contributed by atoms with E-state index in [1.165, 1.54) is 0 Å². The monoisotopic (exact) mass is 222 g/mol. The van der Waals surface area contributed by atoms with Crippen LogP contribution in [0.25, 0.3) is 0 Å². The molecule has 0 saturated heterocycles. The van der Waals surface area contributed by atoms with Gasteiger partial charge in [0.15, 0.2) is 5.15 Å². The lowest BCUT2D eigenvalue weighted by molar-refractivity contribution is 0.930. The summed E-state index contributed by atoms with van der Waals surface area (Å²) in [6.45, 7) is 0. The molecule has 0 atom stereocenters. The van der Waals surface area contributed by atoms with Crippen LogP contribution in [-0.4, -0.2) is 10.2 Å². The molecule has 0 N–H and O–H groups in total. The zero-order chi connectivity index (χ0) is 9.80. The van der Waals surface area contributed by atoms with Gasteiger partial charge in [0.1, 0.15) is 5.03 Å². The average Bonchev–Trinajstić information content (AvgIpc) is 2.23. The van der Waals surface area contributed by atoms with Gasteiger partial charge in [-0.25, -0.2) is 0 Å². The molecule has 0 fully saturated rings. The molecule has 2 rings (SSSR count). The standard InChI is InChI=1S/C10H7ClN2S/c11-9-6-7-10(13-12-9)14-8-4-2-1-3-5-8/h1-7H. The molecule has 0 unspecified atom stereocenters. The largest absolute Gasteiger partial charge is 0.151 e. The first-order valence-electron chi connectivity index (χ1n) is 4.07. The molecule has 1 aromatic heterocycles. The zero-order valence-electron chi connectivity index (χ0n) is 7.22. The van der Waals surface area contributed by atoms with Crippen molar-refractivity contribution in [3.05, 3.63) is 47.6 Å². The molecule has 0 saturated carbocycles. The smallest absolute Gasteiger partial charge is 0.142 e. The van der Waals surface area contributed by atoms with Crippen molar-refractivity contribution in [3.8, 4) is 0 Å². The Kier molecular flexibility index (Phi) is 3.01. The maximum atomic E-state index is 5.63. The van der Waals surface area contributed by atoms with Crippen molar-refractivity contribution in [2.24, 2.45) is 0 Å². The lowest BCUT2D eigenvalue weighted by Gasteiger charge is -1.98. The minimum atomic E-state index is 0.419. The Balaban J connectivity index is 2.16. The summed E-state index contributed by atoms with van der Waals surface area (Å²) in [5.74, 6) is 0. The number of rotatable bonds is 2. The van der Waals surface area contributed by atoms with Gasteiger partial charge in [-0.1, -0.05) is 41.6 Å². The summed E-state index contributed by atoms with van der Waals surface area (Å²) >= 11 is 7.20. The first-order chi connectivity index (χ1) is 6.84. The van der Waals surface area contributed by atoms with E-state index >= 15 is 0 Å². The van der Waals surface area contributed by atoms with Gasteiger partial charge in [-0.3, -0.25) is 0 Å². The van der Waals surface area contributed by atoms with Gasteiger partial charge in [0.25, 0.3) is 0 Å². The Labute approximate surface area is 91.3 Å². The lowest BCUT2D eigenvalue weighted by Crippen LogP contribution is -1.84. The number of nitrogens with zero attached hydrogens (tertiary/aromatic N) is 2. The van der Waals surface area contributed by atoms with E-state index in [0.29, 0.717) is 5.15 Å².